The van der Waals surface area contributed by atoms with Crippen LogP contribution in [-0.4, -0.2) is 20.6 Å². The Hall–Kier alpha value is -2.83. The number of rotatable bonds is 7. The molecular weight excluding hydrogens is 308 g/mol. The Morgan fingerprint density at radius 3 is 2.75 bits per heavy atom. The third-order valence-electron chi connectivity index (χ3n) is 3.61. The van der Waals surface area contributed by atoms with Crippen molar-refractivity contribution >= 4 is 5.91 Å². The molecule has 3 rings (SSSR count). The Morgan fingerprint density at radius 1 is 1.29 bits per heavy atom. The van der Waals surface area contributed by atoms with Crippen LogP contribution in [0.3, 0.4) is 0 Å². The maximum Gasteiger partial charge on any atom is 0.246 e. The average Bonchev–Trinajstić information content (AvgIpc) is 3.32. The first-order chi connectivity index (χ1) is 11.6. The lowest BCUT2D eigenvalue weighted by atomic mass is 10.0. The van der Waals surface area contributed by atoms with Gasteiger partial charge in [-0.2, -0.15) is 4.98 Å². The molecule has 0 bridgehead atoms. The zero-order chi connectivity index (χ0) is 16.9. The van der Waals surface area contributed by atoms with Crippen LogP contribution < -0.4 is 5.32 Å². The lowest BCUT2D eigenvalue weighted by molar-refractivity contribution is -0.125. The highest BCUT2D eigenvalue weighted by Gasteiger charge is 2.21. The lowest BCUT2D eigenvalue weighted by Crippen LogP contribution is -2.32. The molecular formula is C17H20N4O3. The van der Waals surface area contributed by atoms with E-state index in [-0.39, 0.29) is 18.5 Å². The van der Waals surface area contributed by atoms with E-state index in [4.69, 9.17) is 8.94 Å². The predicted molar refractivity (Wildman–Crippen MR) is 86.8 cm³/mol. The minimum absolute atomic E-state index is 0.0716. The molecule has 1 amide bonds. The molecule has 126 valence electrons. The van der Waals surface area contributed by atoms with Gasteiger partial charge in [0.05, 0.1) is 12.8 Å². The van der Waals surface area contributed by atoms with Crippen LogP contribution in [0, 0.1) is 5.92 Å². The summed E-state index contributed by atoms with van der Waals surface area (Å²) in [6.45, 7) is 4.37. The number of carbonyl (C=O) groups excluding carboxylic acids is 1. The Morgan fingerprint density at radius 2 is 2.08 bits per heavy atom. The molecule has 0 radical (unpaired) electrons. The van der Waals surface area contributed by atoms with Gasteiger partial charge in [0.2, 0.25) is 17.6 Å². The number of amides is 1. The van der Waals surface area contributed by atoms with Crippen molar-refractivity contribution in [2.24, 2.45) is 5.92 Å². The molecule has 0 spiro atoms. The van der Waals surface area contributed by atoms with Crippen LogP contribution in [0.25, 0.3) is 11.6 Å². The molecule has 0 aliphatic rings. The molecule has 1 atom stereocenters. The van der Waals surface area contributed by atoms with Crippen LogP contribution in [0.2, 0.25) is 0 Å². The fourth-order valence-electron chi connectivity index (χ4n) is 2.48. The van der Waals surface area contributed by atoms with Gasteiger partial charge in [0.15, 0.2) is 5.76 Å². The van der Waals surface area contributed by atoms with Crippen LogP contribution in [0.1, 0.15) is 32.2 Å². The Kier molecular flexibility index (Phi) is 4.79. The van der Waals surface area contributed by atoms with Crippen LogP contribution >= 0.6 is 0 Å². The van der Waals surface area contributed by atoms with Gasteiger partial charge < -0.3 is 18.8 Å². The number of nitrogens with zero attached hydrogens (tertiary/aromatic N) is 3. The zero-order valence-electron chi connectivity index (χ0n) is 13.7. The van der Waals surface area contributed by atoms with E-state index in [2.05, 4.69) is 29.3 Å². The van der Waals surface area contributed by atoms with Crippen molar-refractivity contribution in [1.29, 1.82) is 0 Å². The summed E-state index contributed by atoms with van der Waals surface area (Å²) in [5.74, 6) is 1.56. The molecule has 7 nitrogen and oxygen atoms in total. The fourth-order valence-corrected chi connectivity index (χ4v) is 2.48. The van der Waals surface area contributed by atoms with E-state index in [1.54, 1.807) is 18.4 Å². The summed E-state index contributed by atoms with van der Waals surface area (Å²) in [4.78, 5) is 16.8. The first-order valence-electron chi connectivity index (χ1n) is 7.90. The van der Waals surface area contributed by atoms with Gasteiger partial charge in [0, 0.05) is 12.4 Å². The third kappa shape index (κ3) is 3.73. The molecule has 1 unspecified atom stereocenters. The second kappa shape index (κ2) is 7.16. The highest BCUT2D eigenvalue weighted by molar-refractivity contribution is 5.80. The van der Waals surface area contributed by atoms with E-state index in [0.717, 1.165) is 6.42 Å². The van der Waals surface area contributed by atoms with Gasteiger partial charge in [-0.25, -0.2) is 0 Å². The van der Waals surface area contributed by atoms with Gasteiger partial charge in [0.25, 0.3) is 0 Å². The van der Waals surface area contributed by atoms with Crippen molar-refractivity contribution in [3.63, 3.8) is 0 Å². The highest BCUT2D eigenvalue weighted by atomic mass is 16.5. The summed E-state index contributed by atoms with van der Waals surface area (Å²) in [6, 6.07) is 7.06. The average molecular weight is 328 g/mol. The normalized spacial score (nSPS) is 12.5. The Labute approximate surface area is 139 Å². The lowest BCUT2D eigenvalue weighted by Gasteiger charge is -2.20. The van der Waals surface area contributed by atoms with E-state index >= 15 is 0 Å². The molecule has 0 aliphatic heterocycles. The standard InChI is InChI=1S/C17H20N4O3/c1-12(2)10-13(21-7-3-4-8-21)17(22)18-11-15-19-16(20-24-15)14-6-5-9-23-14/h3-9,12-13H,10-11H2,1-2H3,(H,18,22). The number of hydrogen-bond donors (Lipinski definition) is 1. The van der Waals surface area contributed by atoms with Gasteiger partial charge in [-0.1, -0.05) is 19.0 Å². The molecule has 0 aromatic carbocycles. The van der Waals surface area contributed by atoms with Crippen molar-refractivity contribution in [2.75, 3.05) is 0 Å². The monoisotopic (exact) mass is 328 g/mol. The molecule has 0 saturated carbocycles. The fraction of sp³-hybridized carbons (Fsp3) is 0.353. The van der Waals surface area contributed by atoms with Crippen molar-refractivity contribution in [1.82, 2.24) is 20.0 Å². The Balaban J connectivity index is 1.63. The minimum atomic E-state index is -0.257. The smallest absolute Gasteiger partial charge is 0.246 e. The molecule has 24 heavy (non-hydrogen) atoms. The number of hydrogen-bond acceptors (Lipinski definition) is 5. The molecule has 1 N–H and O–H groups in total. The summed E-state index contributed by atoms with van der Waals surface area (Å²) in [6.07, 6.45) is 6.09. The largest absolute Gasteiger partial charge is 0.461 e. The van der Waals surface area contributed by atoms with Crippen molar-refractivity contribution in [3.05, 3.63) is 48.8 Å². The molecule has 0 fully saturated rings. The molecule has 3 heterocycles. The Bertz CT molecular complexity index is 760. The van der Waals surface area contributed by atoms with Crippen LogP contribution in [0.15, 0.2) is 51.9 Å². The molecule has 3 aromatic heterocycles. The summed E-state index contributed by atoms with van der Waals surface area (Å²) >= 11 is 0. The minimum Gasteiger partial charge on any atom is -0.461 e. The number of nitrogens with one attached hydrogen (secondary N) is 1. The maximum atomic E-state index is 12.5. The summed E-state index contributed by atoms with van der Waals surface area (Å²) in [5, 5.41) is 6.71. The van der Waals surface area contributed by atoms with Gasteiger partial charge in [-0.05, 0) is 36.6 Å². The van der Waals surface area contributed by atoms with E-state index in [9.17, 15) is 4.79 Å². The van der Waals surface area contributed by atoms with E-state index in [1.165, 1.54) is 0 Å². The van der Waals surface area contributed by atoms with Crippen LogP contribution in [-0.2, 0) is 11.3 Å². The van der Waals surface area contributed by atoms with E-state index in [1.807, 2.05) is 29.1 Å². The van der Waals surface area contributed by atoms with E-state index < -0.39 is 0 Å². The summed E-state index contributed by atoms with van der Waals surface area (Å²) in [7, 11) is 0. The first kappa shape index (κ1) is 16.0. The van der Waals surface area contributed by atoms with Crippen molar-refractivity contribution < 1.29 is 13.7 Å². The second-order valence-corrected chi connectivity index (χ2v) is 5.98. The summed E-state index contributed by atoms with van der Waals surface area (Å²) < 4.78 is 12.3. The second-order valence-electron chi connectivity index (χ2n) is 5.98. The zero-order valence-corrected chi connectivity index (χ0v) is 13.7. The van der Waals surface area contributed by atoms with Gasteiger partial charge in [-0.15, -0.1) is 0 Å². The topological polar surface area (TPSA) is 86.1 Å². The van der Waals surface area contributed by atoms with Gasteiger partial charge >= 0.3 is 0 Å². The van der Waals surface area contributed by atoms with Crippen LogP contribution in [0.4, 0.5) is 0 Å². The van der Waals surface area contributed by atoms with E-state index in [0.29, 0.717) is 23.4 Å². The van der Waals surface area contributed by atoms with Crippen LogP contribution in [0.5, 0.6) is 0 Å². The predicted octanol–water partition coefficient (Wildman–Crippen LogP) is 3.03. The van der Waals surface area contributed by atoms with Gasteiger partial charge in [-0.3, -0.25) is 4.79 Å². The molecule has 7 heteroatoms. The van der Waals surface area contributed by atoms with Crippen molar-refractivity contribution in [2.45, 2.75) is 32.9 Å². The molecule has 0 aliphatic carbocycles. The SMILES string of the molecule is CC(C)CC(C(=O)NCc1nc(-c2ccco2)no1)n1cccc1. The third-order valence-corrected chi connectivity index (χ3v) is 3.61. The number of furan rings is 1. The maximum absolute atomic E-state index is 12.5. The summed E-state index contributed by atoms with van der Waals surface area (Å²) in [5.41, 5.74) is 0. The quantitative estimate of drug-likeness (QED) is 0.720. The number of aromatic nitrogens is 3. The van der Waals surface area contributed by atoms with Crippen molar-refractivity contribution in [3.8, 4) is 11.6 Å². The molecule has 0 saturated heterocycles. The van der Waals surface area contributed by atoms with Gasteiger partial charge in [0.1, 0.15) is 6.04 Å². The number of carbonyl (C=O) groups is 1. The highest BCUT2D eigenvalue weighted by Crippen LogP contribution is 2.19. The first-order valence-corrected chi connectivity index (χ1v) is 7.90. The molecule has 3 aromatic rings.